The first-order valence-corrected chi connectivity index (χ1v) is 18.0. The number of ketones is 2. The summed E-state index contributed by atoms with van der Waals surface area (Å²) in [6.07, 6.45) is 7.12. The minimum absolute atomic E-state index is 0.102. The third-order valence-corrected chi connectivity index (χ3v) is 8.98. The van der Waals surface area contributed by atoms with E-state index in [0.717, 1.165) is 11.1 Å². The van der Waals surface area contributed by atoms with Crippen LogP contribution in [-0.4, -0.2) is 126 Å². The normalized spacial score (nSPS) is 18.9. The van der Waals surface area contributed by atoms with Crippen LogP contribution in [0, 0.1) is 25.2 Å². The van der Waals surface area contributed by atoms with Crippen LogP contribution >= 0.6 is 0 Å². The Morgan fingerprint density at radius 2 is 1.72 bits per heavy atom. The smallest absolute Gasteiger partial charge is 0.220 e. The lowest BCUT2D eigenvalue weighted by atomic mass is 9.88. The highest BCUT2D eigenvalue weighted by Crippen LogP contribution is 2.38. The van der Waals surface area contributed by atoms with E-state index >= 15 is 0 Å². The van der Waals surface area contributed by atoms with Crippen molar-refractivity contribution >= 4 is 34.5 Å². The number of aliphatic hydroxyl groups is 2. The quantitative estimate of drug-likeness (QED) is 0.0896. The summed E-state index contributed by atoms with van der Waals surface area (Å²) in [7, 11) is 3.67. The molecule has 1 aromatic carbocycles. The number of aromatic nitrogens is 4. The van der Waals surface area contributed by atoms with E-state index in [0.29, 0.717) is 75.7 Å². The number of carbonyl (C=O) groups excluding carboxylic acids is 3. The zero-order valence-corrected chi connectivity index (χ0v) is 30.8. The molecule has 3 aromatic rings. The summed E-state index contributed by atoms with van der Waals surface area (Å²) in [5.74, 6) is 1.72. The van der Waals surface area contributed by atoms with Crippen LogP contribution in [0.3, 0.4) is 0 Å². The molecule has 5 atom stereocenters. The molecule has 3 N–H and O–H groups in total. The van der Waals surface area contributed by atoms with Crippen molar-refractivity contribution in [2.45, 2.75) is 76.3 Å². The van der Waals surface area contributed by atoms with Gasteiger partial charge in [0.05, 0.1) is 44.9 Å². The molecule has 2 aromatic heterocycles. The summed E-state index contributed by atoms with van der Waals surface area (Å²) < 4.78 is 23.9. The van der Waals surface area contributed by atoms with Crippen LogP contribution in [-0.2, 0) is 39.8 Å². The summed E-state index contributed by atoms with van der Waals surface area (Å²) in [6.45, 7) is 3.57. The van der Waals surface area contributed by atoms with Crippen LogP contribution in [0.25, 0.3) is 11.2 Å². The largest absolute Gasteiger partial charge is 0.394 e. The standard InChI is InChI=1S/C38H52N6O9/c1-5-15-50-18-14-28(46)8-6-16-51-19-20-52-17-7-9-33(48)42-30(21-27-12-10-26(2)11-13-27)31(47)22-29-32(23-45)53-38(35(29)49)44-25-41-34-36(43(3)4)39-24-40-37(34)44/h1,10-13,24-25,29-30,32,35,38,45,49H,6-9,14-23H2,2-4H3,(H,42,48)/t29-,30+,32-,35?,38?/m1/s1. The van der Waals surface area contributed by atoms with Gasteiger partial charge in [0.15, 0.2) is 29.0 Å². The highest BCUT2D eigenvalue weighted by Gasteiger charge is 2.46. The molecule has 1 amide bonds. The summed E-state index contributed by atoms with van der Waals surface area (Å²) in [6, 6.07) is 6.86. The SMILES string of the molecule is C#CCOCCC(=O)CCCOCCOCCCC(=O)N[C@@H](Cc1ccc(C)cc1)C(=O)C[C@H]1C(O)C(n2cnc3c(N(C)C)ncnc32)O[C@@H]1CO. The van der Waals surface area contributed by atoms with Crippen molar-refractivity contribution in [2.75, 3.05) is 65.2 Å². The first kappa shape index (κ1) is 41.5. The molecule has 0 saturated carbocycles. The van der Waals surface area contributed by atoms with Crippen LogP contribution in [0.2, 0.25) is 0 Å². The van der Waals surface area contributed by atoms with Gasteiger partial charge >= 0.3 is 0 Å². The molecule has 1 saturated heterocycles. The van der Waals surface area contributed by atoms with Crippen molar-refractivity contribution in [3.8, 4) is 12.3 Å². The Labute approximate surface area is 310 Å². The number of ether oxygens (including phenoxy) is 4. The van der Waals surface area contributed by atoms with E-state index in [9.17, 15) is 24.6 Å². The van der Waals surface area contributed by atoms with Gasteiger partial charge in [-0.25, -0.2) is 15.0 Å². The van der Waals surface area contributed by atoms with Gasteiger partial charge in [0.1, 0.15) is 24.8 Å². The fraction of sp³-hybridized carbons (Fsp3) is 0.579. The van der Waals surface area contributed by atoms with Crippen molar-refractivity contribution < 1.29 is 43.5 Å². The molecule has 0 aliphatic carbocycles. The predicted octanol–water partition coefficient (Wildman–Crippen LogP) is 1.96. The summed E-state index contributed by atoms with van der Waals surface area (Å²) in [4.78, 5) is 53.6. The molecular weight excluding hydrogens is 684 g/mol. The number of amides is 1. The maximum atomic E-state index is 13.9. The number of benzene rings is 1. The fourth-order valence-corrected chi connectivity index (χ4v) is 6.12. The maximum absolute atomic E-state index is 13.9. The molecule has 0 bridgehead atoms. The molecule has 288 valence electrons. The molecule has 1 aliphatic heterocycles. The average Bonchev–Trinajstić information content (AvgIpc) is 3.71. The van der Waals surface area contributed by atoms with Crippen LogP contribution in [0.4, 0.5) is 5.82 Å². The molecule has 15 nitrogen and oxygen atoms in total. The van der Waals surface area contributed by atoms with Gasteiger partial charge in [0.25, 0.3) is 0 Å². The Bertz CT molecular complexity index is 1660. The van der Waals surface area contributed by atoms with Gasteiger partial charge in [-0.1, -0.05) is 35.7 Å². The first-order chi connectivity index (χ1) is 25.6. The Morgan fingerprint density at radius 1 is 1.00 bits per heavy atom. The lowest BCUT2D eigenvalue weighted by Gasteiger charge is -2.23. The van der Waals surface area contributed by atoms with Crippen molar-refractivity contribution in [3.63, 3.8) is 0 Å². The average molecular weight is 737 g/mol. The third-order valence-electron chi connectivity index (χ3n) is 8.98. The number of Topliss-reactive ketones (excluding diaryl/α,β-unsaturated/α-hetero) is 2. The molecule has 3 heterocycles. The second-order valence-corrected chi connectivity index (χ2v) is 13.3. The van der Waals surface area contributed by atoms with Gasteiger partial charge in [-0.05, 0) is 31.7 Å². The van der Waals surface area contributed by atoms with Crippen molar-refractivity contribution in [1.82, 2.24) is 24.8 Å². The minimum atomic E-state index is -1.17. The second-order valence-electron chi connectivity index (χ2n) is 13.3. The van der Waals surface area contributed by atoms with E-state index in [4.69, 9.17) is 25.4 Å². The fourth-order valence-electron chi connectivity index (χ4n) is 6.12. The number of hydrogen-bond donors (Lipinski definition) is 3. The molecule has 15 heteroatoms. The first-order valence-electron chi connectivity index (χ1n) is 18.0. The molecule has 1 aliphatic rings. The van der Waals surface area contributed by atoms with Gasteiger partial charge in [-0.15, -0.1) is 6.42 Å². The van der Waals surface area contributed by atoms with Crippen molar-refractivity contribution in [3.05, 3.63) is 48.0 Å². The number of imidazole rings is 1. The van der Waals surface area contributed by atoms with Crippen molar-refractivity contribution in [1.29, 1.82) is 0 Å². The zero-order chi connectivity index (χ0) is 38.2. The molecule has 0 radical (unpaired) electrons. The number of carbonyl (C=O) groups is 3. The predicted molar refractivity (Wildman–Crippen MR) is 196 cm³/mol. The number of anilines is 1. The Kier molecular flexibility index (Phi) is 16.7. The molecule has 4 rings (SSSR count). The van der Waals surface area contributed by atoms with Gasteiger partial charge in [0, 0.05) is 58.9 Å². The number of terminal acetylenes is 1. The number of hydrogen-bond acceptors (Lipinski definition) is 13. The van der Waals surface area contributed by atoms with Crippen LogP contribution < -0.4 is 10.2 Å². The number of aryl methyl sites for hydroxylation is 1. The number of nitrogens with zero attached hydrogens (tertiary/aromatic N) is 5. The summed E-state index contributed by atoms with van der Waals surface area (Å²) in [5, 5.41) is 24.6. The van der Waals surface area contributed by atoms with Gasteiger partial charge in [-0.3, -0.25) is 19.0 Å². The second kappa shape index (κ2) is 21.4. The van der Waals surface area contributed by atoms with E-state index in [1.54, 1.807) is 9.47 Å². The van der Waals surface area contributed by atoms with Crippen LogP contribution in [0.15, 0.2) is 36.9 Å². The maximum Gasteiger partial charge on any atom is 0.220 e. The van der Waals surface area contributed by atoms with Crippen LogP contribution in [0.1, 0.15) is 55.9 Å². The molecule has 53 heavy (non-hydrogen) atoms. The lowest BCUT2D eigenvalue weighted by molar-refractivity contribution is -0.129. The highest BCUT2D eigenvalue weighted by atomic mass is 16.5. The minimum Gasteiger partial charge on any atom is -0.394 e. The number of fused-ring (bicyclic) bond motifs is 1. The van der Waals surface area contributed by atoms with Gasteiger partial charge in [-0.2, -0.15) is 0 Å². The Hall–Kier alpha value is -4.30. The van der Waals surface area contributed by atoms with E-state index < -0.39 is 37.0 Å². The Balaban J connectivity index is 1.26. The summed E-state index contributed by atoms with van der Waals surface area (Å²) >= 11 is 0. The molecule has 1 fully saturated rings. The van der Waals surface area contributed by atoms with E-state index in [-0.39, 0.29) is 43.3 Å². The number of aliphatic hydroxyl groups excluding tert-OH is 2. The Morgan fingerprint density at radius 3 is 2.40 bits per heavy atom. The number of nitrogens with one attached hydrogen (secondary N) is 1. The van der Waals surface area contributed by atoms with Crippen molar-refractivity contribution in [2.24, 2.45) is 5.92 Å². The molecular formula is C38H52N6O9. The van der Waals surface area contributed by atoms with E-state index in [1.165, 1.54) is 12.7 Å². The highest BCUT2D eigenvalue weighted by molar-refractivity contribution is 5.89. The monoisotopic (exact) mass is 736 g/mol. The lowest BCUT2D eigenvalue weighted by Crippen LogP contribution is -2.44. The third kappa shape index (κ3) is 12.4. The van der Waals surface area contributed by atoms with Gasteiger partial charge in [0.2, 0.25) is 5.91 Å². The van der Waals surface area contributed by atoms with E-state index in [2.05, 4.69) is 26.2 Å². The zero-order valence-electron chi connectivity index (χ0n) is 30.8. The molecule has 0 spiro atoms. The number of rotatable bonds is 24. The van der Waals surface area contributed by atoms with E-state index in [1.807, 2.05) is 45.3 Å². The van der Waals surface area contributed by atoms with Gasteiger partial charge < -0.3 is 39.4 Å². The van der Waals surface area contributed by atoms with Crippen LogP contribution in [0.5, 0.6) is 0 Å². The summed E-state index contributed by atoms with van der Waals surface area (Å²) in [5.41, 5.74) is 2.91. The topological polar surface area (TPSA) is 187 Å². The molecule has 2 unspecified atom stereocenters.